The molecule has 4 rings (SSSR count). The van der Waals surface area contributed by atoms with Crippen LogP contribution in [0.1, 0.15) is 19.4 Å². The van der Waals surface area contributed by atoms with E-state index in [0.717, 1.165) is 22.6 Å². The van der Waals surface area contributed by atoms with Crippen LogP contribution >= 0.6 is 11.8 Å². The zero-order valence-electron chi connectivity index (χ0n) is 18.9. The van der Waals surface area contributed by atoms with Crippen molar-refractivity contribution >= 4 is 17.7 Å². The number of hydrogen-bond donors (Lipinski definition) is 1. The molecule has 8 heteroatoms. The summed E-state index contributed by atoms with van der Waals surface area (Å²) >= 11 is 1.30. The molecule has 6 nitrogen and oxygen atoms in total. The first-order valence-corrected chi connectivity index (χ1v) is 11.9. The zero-order chi connectivity index (χ0) is 23.9. The molecular weight excluding hydrogens is 451 g/mol. The molecule has 1 amide bonds. The van der Waals surface area contributed by atoms with Gasteiger partial charge in [-0.2, -0.15) is 0 Å². The Balaban J connectivity index is 1.43. The summed E-state index contributed by atoms with van der Waals surface area (Å²) in [7, 11) is 0. The SMILES string of the molecule is CC(C)Oc1ccc(CNC(=O)CSc2nnc(-c3ccc(F)cc3)n2-c2ccccc2)cc1. The summed E-state index contributed by atoms with van der Waals surface area (Å²) in [4.78, 5) is 12.5. The Morgan fingerprint density at radius 3 is 2.38 bits per heavy atom. The number of thioether (sulfide) groups is 1. The summed E-state index contributed by atoms with van der Waals surface area (Å²) in [5.41, 5.74) is 2.58. The van der Waals surface area contributed by atoms with E-state index in [9.17, 15) is 9.18 Å². The third kappa shape index (κ3) is 6.02. The van der Waals surface area contributed by atoms with E-state index < -0.39 is 0 Å². The summed E-state index contributed by atoms with van der Waals surface area (Å²) in [6.45, 7) is 4.38. The van der Waals surface area contributed by atoms with Gasteiger partial charge in [0.05, 0.1) is 11.9 Å². The van der Waals surface area contributed by atoms with Crippen LogP contribution in [0.25, 0.3) is 17.1 Å². The predicted molar refractivity (Wildman–Crippen MR) is 132 cm³/mol. The van der Waals surface area contributed by atoms with Crippen LogP contribution in [-0.4, -0.2) is 32.5 Å². The average molecular weight is 477 g/mol. The van der Waals surface area contributed by atoms with Gasteiger partial charge in [-0.25, -0.2) is 4.39 Å². The molecule has 0 aliphatic heterocycles. The maximum atomic E-state index is 13.4. The standard InChI is InChI=1S/C26H25FN4O2S/c1-18(2)33-23-14-8-19(9-15-23)16-28-24(32)17-34-26-30-29-25(20-10-12-21(27)13-11-20)31(26)22-6-4-3-5-7-22/h3-15,18H,16-17H2,1-2H3,(H,28,32). The number of carbonyl (C=O) groups excluding carboxylic acids is 1. The van der Waals surface area contributed by atoms with Crippen LogP contribution in [-0.2, 0) is 11.3 Å². The molecule has 34 heavy (non-hydrogen) atoms. The summed E-state index contributed by atoms with van der Waals surface area (Å²) in [6, 6.07) is 23.4. The molecule has 0 unspecified atom stereocenters. The number of carbonyl (C=O) groups is 1. The third-order valence-electron chi connectivity index (χ3n) is 4.87. The molecule has 0 bridgehead atoms. The maximum Gasteiger partial charge on any atom is 0.230 e. The van der Waals surface area contributed by atoms with Crippen molar-refractivity contribution < 1.29 is 13.9 Å². The van der Waals surface area contributed by atoms with Gasteiger partial charge in [-0.15, -0.1) is 10.2 Å². The second-order valence-electron chi connectivity index (χ2n) is 7.86. The van der Waals surface area contributed by atoms with Crippen molar-refractivity contribution in [3.63, 3.8) is 0 Å². The predicted octanol–water partition coefficient (Wildman–Crippen LogP) is 5.27. The van der Waals surface area contributed by atoms with Crippen molar-refractivity contribution in [2.45, 2.75) is 31.7 Å². The molecule has 0 saturated carbocycles. The molecule has 0 atom stereocenters. The van der Waals surface area contributed by atoms with E-state index >= 15 is 0 Å². The number of benzene rings is 3. The third-order valence-corrected chi connectivity index (χ3v) is 5.80. The van der Waals surface area contributed by atoms with Gasteiger partial charge >= 0.3 is 0 Å². The Morgan fingerprint density at radius 1 is 1.00 bits per heavy atom. The Bertz CT molecular complexity index is 1230. The highest BCUT2D eigenvalue weighted by Gasteiger charge is 2.17. The van der Waals surface area contributed by atoms with Crippen molar-refractivity contribution in [2.75, 3.05) is 5.75 Å². The molecular formula is C26H25FN4O2S. The number of nitrogens with one attached hydrogen (secondary N) is 1. The topological polar surface area (TPSA) is 69.0 Å². The maximum absolute atomic E-state index is 13.4. The molecule has 1 N–H and O–H groups in total. The van der Waals surface area contributed by atoms with Crippen LogP contribution in [0.15, 0.2) is 84.0 Å². The first kappa shape index (κ1) is 23.5. The van der Waals surface area contributed by atoms with Gasteiger partial charge in [-0.05, 0) is 67.9 Å². The smallest absolute Gasteiger partial charge is 0.230 e. The fourth-order valence-corrected chi connectivity index (χ4v) is 4.08. The van der Waals surface area contributed by atoms with Gasteiger partial charge in [0.2, 0.25) is 5.91 Å². The van der Waals surface area contributed by atoms with Gasteiger partial charge < -0.3 is 10.1 Å². The lowest BCUT2D eigenvalue weighted by Gasteiger charge is -2.11. The van der Waals surface area contributed by atoms with Crippen LogP contribution in [0.2, 0.25) is 0 Å². The lowest BCUT2D eigenvalue weighted by Crippen LogP contribution is -2.24. The molecule has 0 aliphatic carbocycles. The Labute approximate surface area is 202 Å². The van der Waals surface area contributed by atoms with E-state index in [1.54, 1.807) is 12.1 Å². The second kappa shape index (κ2) is 11.0. The number of amides is 1. The number of aromatic nitrogens is 3. The number of halogens is 1. The largest absolute Gasteiger partial charge is 0.491 e. The van der Waals surface area contributed by atoms with E-state index in [0.29, 0.717) is 17.5 Å². The number of para-hydroxylation sites is 1. The second-order valence-corrected chi connectivity index (χ2v) is 8.80. The van der Waals surface area contributed by atoms with Crippen LogP contribution in [0.3, 0.4) is 0 Å². The van der Waals surface area contributed by atoms with Crippen molar-refractivity contribution in [3.8, 4) is 22.8 Å². The van der Waals surface area contributed by atoms with E-state index in [1.165, 1.54) is 23.9 Å². The molecule has 0 spiro atoms. The summed E-state index contributed by atoms with van der Waals surface area (Å²) < 4.78 is 20.9. The van der Waals surface area contributed by atoms with Gasteiger partial charge in [0.25, 0.3) is 0 Å². The van der Waals surface area contributed by atoms with Gasteiger partial charge in [-0.1, -0.05) is 42.1 Å². The van der Waals surface area contributed by atoms with Crippen molar-refractivity contribution in [1.29, 1.82) is 0 Å². The minimum absolute atomic E-state index is 0.113. The monoisotopic (exact) mass is 476 g/mol. The molecule has 0 saturated heterocycles. The highest BCUT2D eigenvalue weighted by molar-refractivity contribution is 7.99. The van der Waals surface area contributed by atoms with Crippen LogP contribution in [0.4, 0.5) is 4.39 Å². The quantitative estimate of drug-likeness (QED) is 0.333. The molecule has 3 aromatic carbocycles. The summed E-state index contributed by atoms with van der Waals surface area (Å²) in [6.07, 6.45) is 0.115. The van der Waals surface area contributed by atoms with Gasteiger partial charge in [0.1, 0.15) is 11.6 Å². The normalized spacial score (nSPS) is 10.9. The minimum Gasteiger partial charge on any atom is -0.491 e. The zero-order valence-corrected chi connectivity index (χ0v) is 19.8. The molecule has 1 aromatic heterocycles. The first-order chi connectivity index (χ1) is 16.5. The highest BCUT2D eigenvalue weighted by Crippen LogP contribution is 2.28. The minimum atomic E-state index is -0.317. The first-order valence-electron chi connectivity index (χ1n) is 10.9. The average Bonchev–Trinajstić information content (AvgIpc) is 3.27. The lowest BCUT2D eigenvalue weighted by molar-refractivity contribution is -0.118. The lowest BCUT2D eigenvalue weighted by atomic mass is 10.2. The van der Waals surface area contributed by atoms with Crippen LogP contribution in [0, 0.1) is 5.82 Å². The molecule has 4 aromatic rings. The summed E-state index contributed by atoms with van der Waals surface area (Å²) in [5, 5.41) is 12.1. The van der Waals surface area contributed by atoms with E-state index in [-0.39, 0.29) is 23.6 Å². The number of hydrogen-bond acceptors (Lipinski definition) is 5. The van der Waals surface area contributed by atoms with Crippen molar-refractivity contribution in [2.24, 2.45) is 0 Å². The number of nitrogens with zero attached hydrogens (tertiary/aromatic N) is 3. The number of rotatable bonds is 9. The molecule has 1 heterocycles. The van der Waals surface area contributed by atoms with Gasteiger partial charge in [0.15, 0.2) is 11.0 Å². The molecule has 174 valence electrons. The highest BCUT2D eigenvalue weighted by atomic mass is 32.2. The summed E-state index contributed by atoms with van der Waals surface area (Å²) in [5.74, 6) is 1.14. The fourth-order valence-electron chi connectivity index (χ4n) is 3.30. The molecule has 0 fully saturated rings. The molecule has 0 aliphatic rings. The molecule has 0 radical (unpaired) electrons. The fraction of sp³-hybridized carbons (Fsp3) is 0.192. The van der Waals surface area contributed by atoms with Crippen molar-refractivity contribution in [3.05, 3.63) is 90.2 Å². The van der Waals surface area contributed by atoms with E-state index in [2.05, 4.69) is 15.5 Å². The Kier molecular flexibility index (Phi) is 7.59. The Hall–Kier alpha value is -3.65. The Morgan fingerprint density at radius 2 is 1.71 bits per heavy atom. The van der Waals surface area contributed by atoms with E-state index in [4.69, 9.17) is 4.74 Å². The van der Waals surface area contributed by atoms with Gasteiger partial charge in [0, 0.05) is 17.8 Å². The number of ether oxygens (including phenoxy) is 1. The van der Waals surface area contributed by atoms with Crippen molar-refractivity contribution in [1.82, 2.24) is 20.1 Å². The van der Waals surface area contributed by atoms with Gasteiger partial charge in [-0.3, -0.25) is 9.36 Å². The van der Waals surface area contributed by atoms with Crippen LogP contribution < -0.4 is 10.1 Å². The van der Waals surface area contributed by atoms with E-state index in [1.807, 2.05) is 73.0 Å². The van der Waals surface area contributed by atoms with Crippen LogP contribution in [0.5, 0.6) is 5.75 Å².